The van der Waals surface area contributed by atoms with Crippen molar-refractivity contribution in [1.29, 1.82) is 0 Å². The summed E-state index contributed by atoms with van der Waals surface area (Å²) in [6, 6.07) is 10.6. The largest absolute Gasteiger partial charge is 0.373 e. The average molecular weight is 342 g/mol. The molecule has 4 nitrogen and oxygen atoms in total. The Morgan fingerprint density at radius 2 is 1.72 bits per heavy atom. The molecule has 1 aliphatic carbocycles. The maximum absolute atomic E-state index is 13.2. The van der Waals surface area contributed by atoms with Gasteiger partial charge in [-0.3, -0.25) is 4.79 Å². The highest BCUT2D eigenvalue weighted by Gasteiger charge is 2.40. The molecule has 4 rings (SSSR count). The molecule has 1 amide bonds. The Balaban J connectivity index is 1.58. The van der Waals surface area contributed by atoms with Crippen LogP contribution in [-0.2, 0) is 9.53 Å². The summed E-state index contributed by atoms with van der Waals surface area (Å²) in [6.45, 7) is 4.66. The van der Waals surface area contributed by atoms with Crippen molar-refractivity contribution < 1.29 is 9.53 Å². The second kappa shape index (κ2) is 7.88. The van der Waals surface area contributed by atoms with Crippen molar-refractivity contribution in [3.05, 3.63) is 35.9 Å². The molecule has 2 saturated heterocycles. The van der Waals surface area contributed by atoms with Crippen molar-refractivity contribution in [2.75, 3.05) is 32.8 Å². The van der Waals surface area contributed by atoms with Crippen LogP contribution in [0.5, 0.6) is 0 Å². The van der Waals surface area contributed by atoms with E-state index in [0.29, 0.717) is 12.5 Å². The molecule has 3 fully saturated rings. The molecule has 0 spiro atoms. The number of likely N-dealkylation sites (tertiary alicyclic amines) is 1. The monoisotopic (exact) mass is 342 g/mol. The first kappa shape index (κ1) is 17.0. The van der Waals surface area contributed by atoms with E-state index in [1.165, 1.54) is 31.2 Å². The molecule has 1 aromatic carbocycles. The van der Waals surface area contributed by atoms with E-state index >= 15 is 0 Å². The Morgan fingerprint density at radius 3 is 2.44 bits per heavy atom. The summed E-state index contributed by atoms with van der Waals surface area (Å²) in [4.78, 5) is 17.9. The van der Waals surface area contributed by atoms with Gasteiger partial charge in [-0.1, -0.05) is 43.2 Å². The SMILES string of the molecule is O=C(C1CCCC1)N1CCO[C@@H](CN2CCCC2)[C@@H]1c1ccccc1. The van der Waals surface area contributed by atoms with E-state index < -0.39 is 0 Å². The fourth-order valence-electron chi connectivity index (χ4n) is 4.80. The van der Waals surface area contributed by atoms with Crippen LogP contribution >= 0.6 is 0 Å². The topological polar surface area (TPSA) is 32.8 Å². The highest BCUT2D eigenvalue weighted by Crippen LogP contribution is 2.35. The summed E-state index contributed by atoms with van der Waals surface area (Å²) in [5.74, 6) is 0.595. The molecule has 0 bridgehead atoms. The van der Waals surface area contributed by atoms with E-state index in [1.54, 1.807) is 0 Å². The van der Waals surface area contributed by atoms with Gasteiger partial charge < -0.3 is 14.5 Å². The number of carbonyl (C=O) groups excluding carboxylic acids is 1. The van der Waals surface area contributed by atoms with E-state index in [1.807, 2.05) is 6.07 Å². The molecule has 25 heavy (non-hydrogen) atoms. The quantitative estimate of drug-likeness (QED) is 0.842. The summed E-state index contributed by atoms with van der Waals surface area (Å²) < 4.78 is 6.21. The van der Waals surface area contributed by atoms with E-state index in [-0.39, 0.29) is 18.1 Å². The highest BCUT2D eigenvalue weighted by molar-refractivity contribution is 5.79. The van der Waals surface area contributed by atoms with Crippen molar-refractivity contribution in [1.82, 2.24) is 9.80 Å². The van der Waals surface area contributed by atoms with Gasteiger partial charge in [0.2, 0.25) is 5.91 Å². The van der Waals surface area contributed by atoms with E-state index in [9.17, 15) is 4.79 Å². The van der Waals surface area contributed by atoms with Crippen LogP contribution in [0.15, 0.2) is 30.3 Å². The number of benzene rings is 1. The van der Waals surface area contributed by atoms with Gasteiger partial charge in [0.15, 0.2) is 0 Å². The Bertz CT molecular complexity index is 565. The number of morpholine rings is 1. The van der Waals surface area contributed by atoms with Crippen molar-refractivity contribution >= 4 is 5.91 Å². The van der Waals surface area contributed by atoms with Crippen molar-refractivity contribution in [3.63, 3.8) is 0 Å². The second-order valence-electron chi connectivity index (χ2n) is 7.79. The number of hydrogen-bond acceptors (Lipinski definition) is 3. The van der Waals surface area contributed by atoms with Crippen molar-refractivity contribution in [3.8, 4) is 0 Å². The smallest absolute Gasteiger partial charge is 0.226 e. The normalized spacial score (nSPS) is 28.6. The third-order valence-electron chi connectivity index (χ3n) is 6.12. The summed E-state index contributed by atoms with van der Waals surface area (Å²) >= 11 is 0. The zero-order chi connectivity index (χ0) is 17.1. The molecule has 136 valence electrons. The molecule has 2 atom stereocenters. The van der Waals surface area contributed by atoms with Crippen molar-refractivity contribution in [2.24, 2.45) is 5.92 Å². The standard InChI is InChI=1S/C21H30N2O2/c24-21(18-10-4-5-11-18)23-14-15-25-19(16-22-12-6-7-13-22)20(23)17-8-2-1-3-9-17/h1-3,8-9,18-20H,4-7,10-16H2/t19-,20-/m0/s1. The van der Waals surface area contributed by atoms with Gasteiger partial charge >= 0.3 is 0 Å². The minimum atomic E-state index is 0.0589. The molecule has 0 N–H and O–H groups in total. The Morgan fingerprint density at radius 1 is 1.00 bits per heavy atom. The minimum Gasteiger partial charge on any atom is -0.373 e. The van der Waals surface area contributed by atoms with Gasteiger partial charge in [-0.2, -0.15) is 0 Å². The van der Waals surface area contributed by atoms with Crippen LogP contribution in [0.3, 0.4) is 0 Å². The summed E-state index contributed by atoms with van der Waals surface area (Å²) in [6.07, 6.45) is 7.19. The van der Waals surface area contributed by atoms with Crippen LogP contribution in [0.2, 0.25) is 0 Å². The lowest BCUT2D eigenvalue weighted by Crippen LogP contribution is -2.52. The summed E-state index contributed by atoms with van der Waals surface area (Å²) in [7, 11) is 0. The molecule has 2 aliphatic heterocycles. The van der Waals surface area contributed by atoms with E-state index in [2.05, 4.69) is 34.1 Å². The number of nitrogens with zero attached hydrogens (tertiary/aromatic N) is 2. The average Bonchev–Trinajstić information content (AvgIpc) is 3.36. The fourth-order valence-corrected chi connectivity index (χ4v) is 4.80. The molecule has 4 heteroatoms. The Kier molecular flexibility index (Phi) is 5.37. The molecule has 2 heterocycles. The molecule has 0 radical (unpaired) electrons. The van der Waals surface area contributed by atoms with Gasteiger partial charge in [0, 0.05) is 19.0 Å². The van der Waals surface area contributed by atoms with Gasteiger partial charge in [-0.15, -0.1) is 0 Å². The van der Waals surface area contributed by atoms with Crippen LogP contribution < -0.4 is 0 Å². The van der Waals surface area contributed by atoms with Crippen LogP contribution in [0.25, 0.3) is 0 Å². The highest BCUT2D eigenvalue weighted by atomic mass is 16.5. The summed E-state index contributed by atoms with van der Waals surface area (Å²) in [5.41, 5.74) is 1.22. The van der Waals surface area contributed by atoms with Gasteiger partial charge in [0.25, 0.3) is 0 Å². The third-order valence-corrected chi connectivity index (χ3v) is 6.12. The first-order valence-electron chi connectivity index (χ1n) is 10.0. The predicted octanol–water partition coefficient (Wildman–Crippen LogP) is 3.24. The number of rotatable bonds is 4. The van der Waals surface area contributed by atoms with Gasteiger partial charge in [-0.05, 0) is 44.3 Å². The van der Waals surface area contributed by atoms with Crippen molar-refractivity contribution in [2.45, 2.75) is 50.7 Å². The first-order chi connectivity index (χ1) is 12.3. The molecular formula is C21H30N2O2. The third kappa shape index (κ3) is 3.75. The zero-order valence-electron chi connectivity index (χ0n) is 15.1. The fraction of sp³-hybridized carbons (Fsp3) is 0.667. The Labute approximate surface area is 151 Å². The van der Waals surface area contributed by atoms with Crippen LogP contribution in [0.1, 0.15) is 50.1 Å². The predicted molar refractivity (Wildman–Crippen MR) is 98.3 cm³/mol. The lowest BCUT2D eigenvalue weighted by Gasteiger charge is -2.43. The van der Waals surface area contributed by atoms with Crippen LogP contribution in [0, 0.1) is 5.92 Å². The molecule has 3 aliphatic rings. The van der Waals surface area contributed by atoms with E-state index in [4.69, 9.17) is 4.74 Å². The van der Waals surface area contributed by atoms with Gasteiger partial charge in [0.1, 0.15) is 0 Å². The lowest BCUT2D eigenvalue weighted by atomic mass is 9.95. The maximum atomic E-state index is 13.2. The molecule has 0 unspecified atom stereocenters. The second-order valence-corrected chi connectivity index (χ2v) is 7.79. The van der Waals surface area contributed by atoms with Gasteiger partial charge in [0.05, 0.1) is 18.8 Å². The maximum Gasteiger partial charge on any atom is 0.226 e. The van der Waals surface area contributed by atoms with Gasteiger partial charge in [-0.25, -0.2) is 0 Å². The number of hydrogen-bond donors (Lipinski definition) is 0. The number of amides is 1. The molecule has 0 aromatic heterocycles. The molecule has 1 saturated carbocycles. The molecule has 1 aromatic rings. The van der Waals surface area contributed by atoms with E-state index in [0.717, 1.165) is 39.0 Å². The lowest BCUT2D eigenvalue weighted by molar-refractivity contribution is -0.152. The molecular weight excluding hydrogens is 312 g/mol. The number of carbonyl (C=O) groups is 1. The van der Waals surface area contributed by atoms with Crippen LogP contribution in [0.4, 0.5) is 0 Å². The summed E-state index contributed by atoms with van der Waals surface area (Å²) in [5, 5.41) is 0. The number of ether oxygens (including phenoxy) is 1. The Hall–Kier alpha value is -1.39. The first-order valence-corrected chi connectivity index (χ1v) is 10.0. The zero-order valence-corrected chi connectivity index (χ0v) is 15.1. The van der Waals surface area contributed by atoms with Crippen LogP contribution in [-0.4, -0.2) is 54.6 Å². The minimum absolute atomic E-state index is 0.0589.